The third kappa shape index (κ3) is 10.0. The predicted molar refractivity (Wildman–Crippen MR) is 147 cm³/mol. The number of anilines is 1. The van der Waals surface area contributed by atoms with Crippen LogP contribution in [0.3, 0.4) is 0 Å². The van der Waals surface area contributed by atoms with Gasteiger partial charge in [-0.05, 0) is 56.6 Å². The number of benzene rings is 2. The summed E-state index contributed by atoms with van der Waals surface area (Å²) in [5, 5.41) is 2.83. The lowest BCUT2D eigenvalue weighted by atomic mass is 10.1. The molecule has 2 aromatic rings. The van der Waals surface area contributed by atoms with E-state index in [-0.39, 0.29) is 31.2 Å². The third-order valence-electron chi connectivity index (χ3n) is 6.30. The maximum Gasteiger partial charge on any atom is 0.338 e. The number of quaternary nitrogens is 1. The van der Waals surface area contributed by atoms with Crippen molar-refractivity contribution in [2.45, 2.75) is 65.6 Å². The molecule has 1 unspecified atom stereocenters. The van der Waals surface area contributed by atoms with Gasteiger partial charge in [0.05, 0.1) is 40.6 Å². The van der Waals surface area contributed by atoms with Crippen molar-refractivity contribution in [2.75, 3.05) is 45.2 Å². The van der Waals surface area contributed by atoms with E-state index < -0.39 is 23.8 Å². The summed E-state index contributed by atoms with van der Waals surface area (Å²) in [6, 6.07) is 13.3. The number of para-hydroxylation sites is 1. The van der Waals surface area contributed by atoms with Crippen LogP contribution in [-0.2, 0) is 4.74 Å². The number of amides is 1. The molecule has 0 aromatic heterocycles. The van der Waals surface area contributed by atoms with Gasteiger partial charge in [-0.2, -0.15) is 0 Å². The molecule has 6 heteroatoms. The van der Waals surface area contributed by atoms with E-state index in [2.05, 4.69) is 12.2 Å². The van der Waals surface area contributed by atoms with Crippen molar-refractivity contribution in [3.63, 3.8) is 0 Å². The number of esters is 1. The Bertz CT molecular complexity index is 1110. The molecule has 0 bridgehead atoms. The van der Waals surface area contributed by atoms with E-state index in [1.165, 1.54) is 51.3 Å². The third-order valence-corrected chi connectivity index (χ3v) is 6.30. The smallest absolute Gasteiger partial charge is 0.338 e. The summed E-state index contributed by atoms with van der Waals surface area (Å²) in [6.45, 7) is -0.797. The number of unbranched alkanes of at least 4 members (excludes halogenated alkanes) is 6. The number of nitrogens with one attached hydrogen (secondary N) is 1. The van der Waals surface area contributed by atoms with Crippen LogP contribution >= 0.6 is 0 Å². The van der Waals surface area contributed by atoms with Gasteiger partial charge in [0, 0.05) is 9.80 Å². The second-order valence-corrected chi connectivity index (χ2v) is 9.18. The molecule has 36 heavy (non-hydrogen) atoms. The van der Waals surface area contributed by atoms with Gasteiger partial charge in [-0.1, -0.05) is 57.6 Å². The molecule has 0 spiro atoms. The van der Waals surface area contributed by atoms with Crippen LogP contribution < -0.4 is 10.1 Å². The maximum atomic E-state index is 12.9. The fourth-order valence-corrected chi connectivity index (χ4v) is 3.63. The molecular weight excluding hydrogens is 452 g/mol. The average Bonchev–Trinajstić information content (AvgIpc) is 2.94. The number of hydrogen-bond acceptors (Lipinski definition) is 4. The minimum Gasteiger partial charge on any atom is -0.493 e. The van der Waals surface area contributed by atoms with Crippen molar-refractivity contribution in [3.8, 4) is 5.75 Å². The first-order valence-corrected chi connectivity index (χ1v) is 13.0. The number of rotatable bonds is 17. The van der Waals surface area contributed by atoms with E-state index in [0.717, 1.165) is 12.8 Å². The summed E-state index contributed by atoms with van der Waals surface area (Å²) in [5.41, 5.74) is 1.17. The van der Waals surface area contributed by atoms with Gasteiger partial charge in [0.1, 0.15) is 18.9 Å². The van der Waals surface area contributed by atoms with Crippen LogP contribution in [0.25, 0.3) is 0 Å². The van der Waals surface area contributed by atoms with Crippen LogP contribution in [0.2, 0.25) is 0 Å². The lowest BCUT2D eigenvalue weighted by Gasteiger charge is -2.31. The average molecular weight is 503 g/mol. The summed E-state index contributed by atoms with van der Waals surface area (Å²) < 4.78 is 49.7. The number of carbonyl (C=O) groups excluding carboxylic acids is 2. The zero-order valence-electron chi connectivity index (χ0n) is 27.0. The summed E-state index contributed by atoms with van der Waals surface area (Å²) in [5.74, 6) is -0.420. The van der Waals surface area contributed by atoms with Crippen LogP contribution in [0.15, 0.2) is 48.5 Å². The first-order valence-electron chi connectivity index (χ1n) is 15.5. The van der Waals surface area contributed by atoms with Gasteiger partial charge in [0.25, 0.3) is 5.91 Å². The van der Waals surface area contributed by atoms with E-state index in [1.54, 1.807) is 37.3 Å². The largest absolute Gasteiger partial charge is 0.493 e. The Kier molecular flexibility index (Phi) is 9.93. The zero-order chi connectivity index (χ0) is 30.5. The van der Waals surface area contributed by atoms with Crippen molar-refractivity contribution < 1.29 is 30.4 Å². The van der Waals surface area contributed by atoms with Gasteiger partial charge in [0.15, 0.2) is 0 Å². The molecule has 2 aromatic carbocycles. The summed E-state index contributed by atoms with van der Waals surface area (Å²) in [6.07, 6.45) is 8.25. The van der Waals surface area contributed by atoms with Crippen molar-refractivity contribution in [2.24, 2.45) is 0 Å². The van der Waals surface area contributed by atoms with Crippen LogP contribution in [0, 0.1) is 0 Å². The fraction of sp³-hybridized carbons (Fsp3) is 0.533. The molecule has 1 atom stereocenters. The molecule has 0 saturated carbocycles. The van der Waals surface area contributed by atoms with Gasteiger partial charge >= 0.3 is 5.97 Å². The molecule has 0 radical (unpaired) electrons. The molecule has 198 valence electrons. The van der Waals surface area contributed by atoms with E-state index in [1.807, 2.05) is 6.07 Å². The number of carbonyl (C=O) groups is 2. The van der Waals surface area contributed by atoms with Crippen LogP contribution in [-0.4, -0.2) is 56.2 Å². The van der Waals surface area contributed by atoms with E-state index in [4.69, 9.17) is 16.3 Å². The molecule has 0 aliphatic carbocycles. The highest BCUT2D eigenvalue weighted by Crippen LogP contribution is 2.21. The number of hydrogen-bond donors (Lipinski definition) is 1. The molecule has 0 fully saturated rings. The minimum absolute atomic E-state index is 0.00219. The Hall–Kier alpha value is -2.86. The van der Waals surface area contributed by atoms with Gasteiger partial charge in [-0.15, -0.1) is 0 Å². The summed E-state index contributed by atoms with van der Waals surface area (Å²) in [4.78, 5) is 25.5. The summed E-state index contributed by atoms with van der Waals surface area (Å²) >= 11 is 0. The highest BCUT2D eigenvalue weighted by Gasteiger charge is 2.18. The summed E-state index contributed by atoms with van der Waals surface area (Å²) in [7, 11) is 1.50. The van der Waals surface area contributed by atoms with Crippen molar-refractivity contribution in [1.82, 2.24) is 0 Å². The van der Waals surface area contributed by atoms with E-state index >= 15 is 0 Å². The van der Waals surface area contributed by atoms with Crippen molar-refractivity contribution in [1.29, 1.82) is 0 Å². The molecule has 0 saturated heterocycles. The molecule has 2 rings (SSSR count). The first-order chi connectivity index (χ1) is 19.4. The predicted octanol–water partition coefficient (Wildman–Crippen LogP) is 6.71. The molecule has 1 N–H and O–H groups in total. The molecule has 1 amide bonds. The van der Waals surface area contributed by atoms with Gasteiger partial charge in [-0.25, -0.2) is 4.79 Å². The highest BCUT2D eigenvalue weighted by atomic mass is 16.5. The van der Waals surface area contributed by atoms with Gasteiger partial charge in [0.2, 0.25) is 0 Å². The minimum atomic E-state index is -2.82. The molecule has 0 aliphatic heterocycles. The van der Waals surface area contributed by atoms with E-state index in [0.29, 0.717) is 23.6 Å². The molecule has 6 nitrogen and oxygen atoms in total. The Labute approximate surface area is 224 Å². The van der Waals surface area contributed by atoms with Crippen LogP contribution in [0.4, 0.5) is 5.69 Å². The first kappa shape index (κ1) is 22.3. The Balaban J connectivity index is 1.89. The quantitative estimate of drug-likeness (QED) is 0.148. The highest BCUT2D eigenvalue weighted by molar-refractivity contribution is 6.06. The topological polar surface area (TPSA) is 64.6 Å². The molecule has 0 aliphatic rings. The van der Waals surface area contributed by atoms with Gasteiger partial charge in [-0.3, -0.25) is 4.79 Å². The number of likely N-dealkylation sites (N-methyl/N-ethyl adjacent to an activating group) is 1. The monoisotopic (exact) mass is 502 g/mol. The second kappa shape index (κ2) is 16.0. The Morgan fingerprint density at radius 1 is 0.944 bits per heavy atom. The van der Waals surface area contributed by atoms with Crippen LogP contribution in [0.1, 0.15) is 93.2 Å². The second-order valence-electron chi connectivity index (χ2n) is 9.18. The Morgan fingerprint density at radius 3 is 2.33 bits per heavy atom. The van der Waals surface area contributed by atoms with Crippen molar-refractivity contribution >= 4 is 17.6 Å². The fourth-order valence-electron chi connectivity index (χ4n) is 3.63. The standard InChI is InChI=1S/C30H44N2O4/c1-5-8-9-10-11-12-15-23-35-28-17-14-13-16-27(28)29(33)31-26-20-18-25(19-21-26)30(34)36-24-22-32(4,6-2)7-3/h13-14,16-21H,5-12,15,22-24H2,1-4H3/p+1/i2D3,6D2. The SMILES string of the molecule is [2H]C([2H])([2H])C([2H])([2H])[N+](C)(CC)CCOC(=O)c1ccc(NC(=O)c2ccccc2OCCCCCCCCC)cc1. The normalized spacial score (nSPS) is 15.4. The Morgan fingerprint density at radius 2 is 1.64 bits per heavy atom. The molecule has 0 heterocycles. The van der Waals surface area contributed by atoms with Gasteiger partial charge < -0.3 is 19.3 Å². The van der Waals surface area contributed by atoms with Crippen molar-refractivity contribution in [3.05, 3.63) is 59.7 Å². The van der Waals surface area contributed by atoms with Crippen LogP contribution in [0.5, 0.6) is 5.75 Å². The molecular formula is C30H45N2O4+. The lowest BCUT2D eigenvalue weighted by Crippen LogP contribution is -2.46. The lowest BCUT2D eigenvalue weighted by molar-refractivity contribution is -0.906. The number of nitrogens with zero attached hydrogens (tertiary/aromatic N) is 1. The van der Waals surface area contributed by atoms with E-state index in [9.17, 15) is 9.59 Å². The maximum absolute atomic E-state index is 12.9. The zero-order valence-corrected chi connectivity index (χ0v) is 22.0. The number of ether oxygens (including phenoxy) is 2.